The lowest BCUT2D eigenvalue weighted by Crippen LogP contribution is -2.41. The first-order valence-electron chi connectivity index (χ1n) is 10.2. The maximum Gasteiger partial charge on any atom is 0.264 e. The van der Waals surface area contributed by atoms with E-state index in [4.69, 9.17) is 11.6 Å². The van der Waals surface area contributed by atoms with Gasteiger partial charge >= 0.3 is 0 Å². The summed E-state index contributed by atoms with van der Waals surface area (Å²) in [6.07, 6.45) is 3.31. The van der Waals surface area contributed by atoms with E-state index < -0.39 is 10.0 Å². The number of sulfonamides is 1. The number of hydrogen-bond acceptors (Lipinski definition) is 4. The Kier molecular flexibility index (Phi) is 7.75. The standard InChI is InChI=1S/C22H28ClN3O3S/c1-18-10-11-19(16-21(18)23)26(30(28,29)20-8-3-2-4-9-20)17-22(27)24-12-7-15-25-13-5-6-14-25/h2-4,8-11,16H,5-7,12-15,17H2,1H3,(H,24,27). The van der Waals surface area contributed by atoms with E-state index in [2.05, 4.69) is 10.2 Å². The number of aryl methyl sites for hydroxylation is 1. The molecule has 1 aliphatic heterocycles. The number of nitrogens with one attached hydrogen (secondary N) is 1. The van der Waals surface area contributed by atoms with Gasteiger partial charge in [-0.25, -0.2) is 8.42 Å². The van der Waals surface area contributed by atoms with Gasteiger partial charge in [0.2, 0.25) is 5.91 Å². The first kappa shape index (κ1) is 22.6. The predicted octanol–water partition coefficient (Wildman–Crippen LogP) is 3.45. The third-order valence-corrected chi connectivity index (χ3v) is 7.43. The van der Waals surface area contributed by atoms with E-state index in [1.54, 1.807) is 36.4 Å². The number of nitrogens with zero attached hydrogens (tertiary/aromatic N) is 2. The zero-order valence-corrected chi connectivity index (χ0v) is 18.8. The molecule has 1 amide bonds. The molecule has 0 saturated carbocycles. The van der Waals surface area contributed by atoms with Crippen molar-refractivity contribution in [2.45, 2.75) is 31.1 Å². The molecule has 0 atom stereocenters. The molecule has 1 aliphatic rings. The van der Waals surface area contributed by atoms with Gasteiger partial charge in [-0.2, -0.15) is 0 Å². The van der Waals surface area contributed by atoms with Gasteiger partial charge in [0, 0.05) is 11.6 Å². The van der Waals surface area contributed by atoms with Gasteiger partial charge in [0.25, 0.3) is 10.0 Å². The summed E-state index contributed by atoms with van der Waals surface area (Å²) in [7, 11) is -3.92. The van der Waals surface area contributed by atoms with Crippen LogP contribution in [0, 0.1) is 6.92 Å². The van der Waals surface area contributed by atoms with E-state index in [9.17, 15) is 13.2 Å². The van der Waals surface area contributed by atoms with Gasteiger partial charge in [-0.05, 0) is 75.6 Å². The molecule has 8 heteroatoms. The normalized spacial score (nSPS) is 14.6. The van der Waals surface area contributed by atoms with Crippen LogP contribution in [0.4, 0.5) is 5.69 Å². The maximum atomic E-state index is 13.3. The van der Waals surface area contributed by atoms with E-state index in [0.29, 0.717) is 17.3 Å². The van der Waals surface area contributed by atoms with Crippen LogP contribution in [0.2, 0.25) is 5.02 Å². The summed E-state index contributed by atoms with van der Waals surface area (Å²) < 4.78 is 27.6. The van der Waals surface area contributed by atoms with Gasteiger partial charge in [-0.1, -0.05) is 35.9 Å². The number of rotatable bonds is 9. The summed E-state index contributed by atoms with van der Waals surface area (Å²) in [5.74, 6) is -0.340. The van der Waals surface area contributed by atoms with Crippen LogP contribution in [0.3, 0.4) is 0 Å². The van der Waals surface area contributed by atoms with Crippen LogP contribution in [-0.2, 0) is 14.8 Å². The molecule has 162 valence electrons. The summed E-state index contributed by atoms with van der Waals surface area (Å²) >= 11 is 6.23. The van der Waals surface area contributed by atoms with Crippen LogP contribution >= 0.6 is 11.6 Å². The van der Waals surface area contributed by atoms with Crippen molar-refractivity contribution in [2.24, 2.45) is 0 Å². The van der Waals surface area contributed by atoms with E-state index in [0.717, 1.165) is 35.9 Å². The molecule has 0 aliphatic carbocycles. The van der Waals surface area contributed by atoms with Crippen LogP contribution in [0.1, 0.15) is 24.8 Å². The van der Waals surface area contributed by atoms with Gasteiger partial charge in [0.15, 0.2) is 0 Å². The summed E-state index contributed by atoms with van der Waals surface area (Å²) in [5, 5.41) is 3.30. The van der Waals surface area contributed by atoms with Crippen LogP contribution in [0.5, 0.6) is 0 Å². The molecule has 0 aromatic heterocycles. The van der Waals surface area contributed by atoms with Crippen molar-refractivity contribution in [1.82, 2.24) is 10.2 Å². The molecular formula is C22H28ClN3O3S. The number of benzene rings is 2. The van der Waals surface area contributed by atoms with Crippen molar-refractivity contribution in [3.05, 3.63) is 59.1 Å². The van der Waals surface area contributed by atoms with E-state index in [1.807, 2.05) is 6.92 Å². The number of halogens is 1. The summed E-state index contributed by atoms with van der Waals surface area (Å²) in [4.78, 5) is 15.1. The fraction of sp³-hybridized carbons (Fsp3) is 0.409. The number of carbonyl (C=O) groups is 1. The van der Waals surface area contributed by atoms with Crippen molar-refractivity contribution in [1.29, 1.82) is 0 Å². The average Bonchev–Trinajstić information content (AvgIpc) is 3.26. The molecule has 1 fully saturated rings. The zero-order chi connectivity index (χ0) is 21.6. The maximum absolute atomic E-state index is 13.3. The lowest BCUT2D eigenvalue weighted by atomic mass is 10.2. The molecule has 30 heavy (non-hydrogen) atoms. The van der Waals surface area contributed by atoms with E-state index in [1.165, 1.54) is 25.0 Å². The molecule has 3 rings (SSSR count). The number of carbonyl (C=O) groups excluding carboxylic acids is 1. The Hall–Kier alpha value is -2.09. The molecule has 2 aromatic rings. The van der Waals surface area contributed by atoms with Crippen molar-refractivity contribution in [2.75, 3.05) is 37.0 Å². The highest BCUT2D eigenvalue weighted by Crippen LogP contribution is 2.27. The Bertz CT molecular complexity index is 961. The molecular weight excluding hydrogens is 422 g/mol. The predicted molar refractivity (Wildman–Crippen MR) is 120 cm³/mol. The molecule has 0 spiro atoms. The fourth-order valence-electron chi connectivity index (χ4n) is 3.49. The molecule has 1 heterocycles. The molecule has 1 N–H and O–H groups in total. The van der Waals surface area contributed by atoms with Gasteiger partial charge in [0.05, 0.1) is 10.6 Å². The van der Waals surface area contributed by atoms with E-state index in [-0.39, 0.29) is 17.3 Å². The first-order valence-corrected chi connectivity index (χ1v) is 12.0. The van der Waals surface area contributed by atoms with E-state index >= 15 is 0 Å². The van der Waals surface area contributed by atoms with Gasteiger partial charge < -0.3 is 10.2 Å². The number of likely N-dealkylation sites (tertiary alicyclic amines) is 1. The number of hydrogen-bond donors (Lipinski definition) is 1. The Morgan fingerprint density at radius 2 is 1.83 bits per heavy atom. The second kappa shape index (κ2) is 10.3. The van der Waals surface area contributed by atoms with Gasteiger partial charge in [-0.3, -0.25) is 9.10 Å². The Balaban J connectivity index is 1.72. The van der Waals surface area contributed by atoms with Gasteiger partial charge in [-0.15, -0.1) is 0 Å². The molecule has 0 radical (unpaired) electrons. The van der Waals surface area contributed by atoms with Crippen LogP contribution in [0.15, 0.2) is 53.4 Å². The molecule has 2 aromatic carbocycles. The second-order valence-corrected chi connectivity index (χ2v) is 9.78. The van der Waals surface area contributed by atoms with Crippen LogP contribution in [0.25, 0.3) is 0 Å². The number of anilines is 1. The highest BCUT2D eigenvalue weighted by atomic mass is 35.5. The van der Waals surface area contributed by atoms with Crippen molar-refractivity contribution >= 4 is 33.2 Å². The van der Waals surface area contributed by atoms with Crippen molar-refractivity contribution in [3.8, 4) is 0 Å². The third kappa shape index (κ3) is 5.74. The Morgan fingerprint density at radius 1 is 1.13 bits per heavy atom. The molecule has 0 bridgehead atoms. The molecule has 1 saturated heterocycles. The zero-order valence-electron chi connectivity index (χ0n) is 17.2. The minimum absolute atomic E-state index is 0.128. The minimum atomic E-state index is -3.92. The fourth-order valence-corrected chi connectivity index (χ4v) is 5.10. The number of amides is 1. The summed E-state index contributed by atoms with van der Waals surface area (Å²) in [6, 6.07) is 13.1. The Morgan fingerprint density at radius 3 is 2.50 bits per heavy atom. The highest BCUT2D eigenvalue weighted by Gasteiger charge is 2.27. The van der Waals surface area contributed by atoms with Crippen LogP contribution in [-0.4, -0.2) is 51.9 Å². The largest absolute Gasteiger partial charge is 0.354 e. The molecule has 6 nitrogen and oxygen atoms in total. The SMILES string of the molecule is Cc1ccc(N(CC(=O)NCCCN2CCCC2)S(=O)(=O)c2ccccc2)cc1Cl. The Labute approximate surface area is 183 Å². The van der Waals surface area contributed by atoms with Crippen molar-refractivity contribution in [3.63, 3.8) is 0 Å². The monoisotopic (exact) mass is 449 g/mol. The highest BCUT2D eigenvalue weighted by molar-refractivity contribution is 7.92. The quantitative estimate of drug-likeness (QED) is 0.595. The van der Waals surface area contributed by atoms with Crippen molar-refractivity contribution < 1.29 is 13.2 Å². The first-order chi connectivity index (χ1) is 14.4. The lowest BCUT2D eigenvalue weighted by Gasteiger charge is -2.24. The third-order valence-electron chi connectivity index (χ3n) is 5.23. The van der Waals surface area contributed by atoms with Crippen LogP contribution < -0.4 is 9.62 Å². The molecule has 0 unspecified atom stereocenters. The lowest BCUT2D eigenvalue weighted by molar-refractivity contribution is -0.119. The minimum Gasteiger partial charge on any atom is -0.354 e. The summed E-state index contributed by atoms with van der Waals surface area (Å²) in [5.41, 5.74) is 1.20. The van der Waals surface area contributed by atoms with Gasteiger partial charge in [0.1, 0.15) is 6.54 Å². The topological polar surface area (TPSA) is 69.7 Å². The average molecular weight is 450 g/mol. The summed E-state index contributed by atoms with van der Waals surface area (Å²) in [6.45, 7) is 5.23. The second-order valence-electron chi connectivity index (χ2n) is 7.51. The smallest absolute Gasteiger partial charge is 0.264 e.